The molecule has 0 bridgehead atoms. The summed E-state index contributed by atoms with van der Waals surface area (Å²) in [5.74, 6) is -0.952. The molecule has 1 aliphatic carbocycles. The van der Waals surface area contributed by atoms with E-state index in [1.807, 2.05) is 19.1 Å². The number of anilines is 1. The number of hydrogen-bond donors (Lipinski definition) is 1. The summed E-state index contributed by atoms with van der Waals surface area (Å²) in [4.78, 5) is 42.4. The van der Waals surface area contributed by atoms with E-state index >= 15 is 0 Å². The highest BCUT2D eigenvalue weighted by Gasteiger charge is 2.38. The molecule has 3 amide bonds. The minimum Gasteiger partial charge on any atom is -0.350 e. The van der Waals surface area contributed by atoms with Gasteiger partial charge < -0.3 is 10.2 Å². The first kappa shape index (κ1) is 22.2. The van der Waals surface area contributed by atoms with Crippen LogP contribution in [0, 0.1) is 6.92 Å². The lowest BCUT2D eigenvalue weighted by atomic mass is 9.88. The monoisotopic (exact) mass is 433 g/mol. The number of carbonyl (C=O) groups excluding carboxylic acids is 3. The van der Waals surface area contributed by atoms with Crippen molar-refractivity contribution in [1.82, 2.24) is 10.2 Å². The number of likely N-dealkylation sites (N-methyl/N-ethyl adjacent to an activating group) is 1. The van der Waals surface area contributed by atoms with Crippen molar-refractivity contribution in [2.75, 3.05) is 25.5 Å². The van der Waals surface area contributed by atoms with Crippen LogP contribution in [-0.4, -0.2) is 48.8 Å². The molecule has 0 unspecified atom stereocenters. The Balaban J connectivity index is 1.54. The number of aryl methyl sites for hydroxylation is 1. The predicted molar refractivity (Wildman–Crippen MR) is 125 cm³/mol. The number of fused-ring (bicyclic) bond motifs is 1. The molecule has 1 aliphatic heterocycles. The van der Waals surface area contributed by atoms with Gasteiger partial charge in [0.05, 0.1) is 16.8 Å². The Morgan fingerprint density at radius 3 is 2.28 bits per heavy atom. The lowest BCUT2D eigenvalue weighted by Gasteiger charge is -2.39. The number of imide groups is 1. The molecule has 0 aromatic heterocycles. The molecule has 1 N–H and O–H groups in total. The predicted octanol–water partition coefficient (Wildman–Crippen LogP) is 4.18. The van der Waals surface area contributed by atoms with Crippen LogP contribution >= 0.6 is 0 Å². The van der Waals surface area contributed by atoms with Gasteiger partial charge in [-0.1, -0.05) is 43.9 Å². The van der Waals surface area contributed by atoms with Gasteiger partial charge in [-0.15, -0.1) is 0 Å². The molecular formula is C26H31N3O3. The first-order valence-corrected chi connectivity index (χ1v) is 11.4. The molecule has 4 rings (SSSR count). The van der Waals surface area contributed by atoms with Gasteiger partial charge in [-0.05, 0) is 63.7 Å². The maximum absolute atomic E-state index is 13.1. The molecule has 0 spiro atoms. The van der Waals surface area contributed by atoms with E-state index in [-0.39, 0.29) is 28.8 Å². The van der Waals surface area contributed by atoms with Crippen molar-refractivity contribution in [3.05, 3.63) is 64.7 Å². The number of carbonyl (C=O) groups is 3. The second-order valence-electron chi connectivity index (χ2n) is 9.21. The smallest absolute Gasteiger partial charge is 0.266 e. The molecule has 6 heteroatoms. The first-order chi connectivity index (χ1) is 15.3. The average molecular weight is 434 g/mol. The molecule has 2 aromatic rings. The van der Waals surface area contributed by atoms with Gasteiger partial charge in [0.2, 0.25) is 0 Å². The highest BCUT2D eigenvalue weighted by atomic mass is 16.2. The minimum absolute atomic E-state index is 0.0453. The summed E-state index contributed by atoms with van der Waals surface area (Å²) in [6.07, 6.45) is 6.92. The van der Waals surface area contributed by atoms with Gasteiger partial charge >= 0.3 is 0 Å². The standard InChI is InChI=1S/C26H31N3O3/c1-18-10-6-7-11-22(18)29-24(31)20-13-12-19(16-21(20)25(29)32)23(30)27-17-26(28(2)3)14-8-4-5-9-15-26/h6-7,10-13,16H,4-5,8-9,14-15,17H2,1-3H3,(H,27,30). The van der Waals surface area contributed by atoms with Gasteiger partial charge in [0.15, 0.2) is 0 Å². The van der Waals surface area contributed by atoms with E-state index in [1.165, 1.54) is 17.7 Å². The Morgan fingerprint density at radius 1 is 0.969 bits per heavy atom. The summed E-state index contributed by atoms with van der Waals surface area (Å²) in [5.41, 5.74) is 2.39. The van der Waals surface area contributed by atoms with E-state index in [1.54, 1.807) is 30.3 Å². The van der Waals surface area contributed by atoms with Crippen LogP contribution in [0.5, 0.6) is 0 Å². The van der Waals surface area contributed by atoms with Crippen molar-refractivity contribution in [2.45, 2.75) is 51.0 Å². The number of para-hydroxylation sites is 1. The molecule has 1 heterocycles. The second-order valence-corrected chi connectivity index (χ2v) is 9.21. The summed E-state index contributed by atoms with van der Waals surface area (Å²) in [5, 5.41) is 3.10. The van der Waals surface area contributed by atoms with Crippen LogP contribution in [0.4, 0.5) is 5.69 Å². The van der Waals surface area contributed by atoms with Gasteiger partial charge in [-0.2, -0.15) is 0 Å². The van der Waals surface area contributed by atoms with Crippen LogP contribution < -0.4 is 10.2 Å². The van der Waals surface area contributed by atoms with E-state index in [0.29, 0.717) is 23.4 Å². The quantitative estimate of drug-likeness (QED) is 0.567. The summed E-state index contributed by atoms with van der Waals surface area (Å²) < 4.78 is 0. The molecule has 2 aliphatic rings. The highest BCUT2D eigenvalue weighted by molar-refractivity contribution is 6.35. The average Bonchev–Trinajstić information content (AvgIpc) is 2.94. The summed E-state index contributed by atoms with van der Waals surface area (Å²) in [6, 6.07) is 12.1. The van der Waals surface area contributed by atoms with Gasteiger partial charge in [-0.25, -0.2) is 4.90 Å². The first-order valence-electron chi connectivity index (χ1n) is 11.4. The van der Waals surface area contributed by atoms with E-state index in [9.17, 15) is 14.4 Å². The fourth-order valence-corrected chi connectivity index (χ4v) is 4.93. The molecular weight excluding hydrogens is 402 g/mol. The number of nitrogens with one attached hydrogen (secondary N) is 1. The van der Waals surface area contributed by atoms with Crippen LogP contribution in [-0.2, 0) is 0 Å². The molecule has 32 heavy (non-hydrogen) atoms. The third-order valence-corrected chi connectivity index (χ3v) is 7.07. The van der Waals surface area contributed by atoms with E-state index in [2.05, 4.69) is 24.3 Å². The Morgan fingerprint density at radius 2 is 1.62 bits per heavy atom. The van der Waals surface area contributed by atoms with Crippen LogP contribution in [0.1, 0.15) is 75.2 Å². The third kappa shape index (κ3) is 3.95. The van der Waals surface area contributed by atoms with Gasteiger partial charge in [-0.3, -0.25) is 14.4 Å². The lowest BCUT2D eigenvalue weighted by molar-refractivity contribution is 0.0868. The lowest BCUT2D eigenvalue weighted by Crippen LogP contribution is -2.52. The molecule has 1 saturated carbocycles. The maximum Gasteiger partial charge on any atom is 0.266 e. The summed E-state index contributed by atoms with van der Waals surface area (Å²) >= 11 is 0. The van der Waals surface area contributed by atoms with Crippen LogP contribution in [0.2, 0.25) is 0 Å². The minimum atomic E-state index is -0.387. The van der Waals surface area contributed by atoms with Crippen LogP contribution in [0.25, 0.3) is 0 Å². The molecule has 6 nitrogen and oxygen atoms in total. The highest BCUT2D eigenvalue weighted by Crippen LogP contribution is 2.32. The third-order valence-electron chi connectivity index (χ3n) is 7.07. The number of rotatable bonds is 5. The number of hydrogen-bond acceptors (Lipinski definition) is 4. The van der Waals surface area contributed by atoms with Crippen LogP contribution in [0.15, 0.2) is 42.5 Å². The van der Waals surface area contributed by atoms with E-state index < -0.39 is 0 Å². The second kappa shape index (κ2) is 8.87. The Kier molecular flexibility index (Phi) is 6.15. The van der Waals surface area contributed by atoms with Crippen molar-refractivity contribution < 1.29 is 14.4 Å². The topological polar surface area (TPSA) is 69.7 Å². The summed E-state index contributed by atoms with van der Waals surface area (Å²) in [7, 11) is 4.16. The number of nitrogens with zero attached hydrogens (tertiary/aromatic N) is 2. The molecule has 0 atom stereocenters. The van der Waals surface area contributed by atoms with Crippen molar-refractivity contribution in [2.24, 2.45) is 0 Å². The normalized spacial score (nSPS) is 17.9. The molecule has 1 fully saturated rings. The Bertz CT molecular complexity index is 1050. The number of amides is 3. The molecule has 0 saturated heterocycles. The fraction of sp³-hybridized carbons (Fsp3) is 0.423. The Hall–Kier alpha value is -2.99. The Labute approximate surface area is 189 Å². The van der Waals surface area contributed by atoms with Gasteiger partial charge in [0, 0.05) is 17.6 Å². The van der Waals surface area contributed by atoms with Crippen molar-refractivity contribution in [3.8, 4) is 0 Å². The molecule has 2 aromatic carbocycles. The SMILES string of the molecule is Cc1ccccc1N1C(=O)c2ccc(C(=O)NCC3(N(C)C)CCCCCC3)cc2C1=O. The maximum atomic E-state index is 13.1. The zero-order valence-corrected chi connectivity index (χ0v) is 19.1. The van der Waals surface area contributed by atoms with Crippen molar-refractivity contribution in [1.29, 1.82) is 0 Å². The van der Waals surface area contributed by atoms with Gasteiger partial charge in [0.1, 0.15) is 0 Å². The molecule has 168 valence electrons. The molecule has 0 radical (unpaired) electrons. The van der Waals surface area contributed by atoms with E-state index in [4.69, 9.17) is 0 Å². The van der Waals surface area contributed by atoms with Gasteiger partial charge in [0.25, 0.3) is 17.7 Å². The van der Waals surface area contributed by atoms with E-state index in [0.717, 1.165) is 31.2 Å². The zero-order chi connectivity index (χ0) is 22.9. The number of benzene rings is 2. The fourth-order valence-electron chi connectivity index (χ4n) is 4.93. The van der Waals surface area contributed by atoms with Crippen molar-refractivity contribution >= 4 is 23.4 Å². The zero-order valence-electron chi connectivity index (χ0n) is 19.1. The van der Waals surface area contributed by atoms with Crippen molar-refractivity contribution in [3.63, 3.8) is 0 Å². The van der Waals surface area contributed by atoms with Crippen LogP contribution in [0.3, 0.4) is 0 Å². The largest absolute Gasteiger partial charge is 0.350 e. The summed E-state index contributed by atoms with van der Waals surface area (Å²) in [6.45, 7) is 2.43.